The van der Waals surface area contributed by atoms with E-state index in [1.807, 2.05) is 30.5 Å². The SMILES string of the molecule is O=C1CCc2cnc3ccccc3c21. The summed E-state index contributed by atoms with van der Waals surface area (Å²) in [7, 11) is 0. The van der Waals surface area contributed by atoms with Gasteiger partial charge in [-0.05, 0) is 18.1 Å². The molecule has 2 nitrogen and oxygen atoms in total. The predicted molar refractivity (Wildman–Crippen MR) is 54.4 cm³/mol. The highest BCUT2D eigenvalue weighted by Crippen LogP contribution is 2.27. The number of Topliss-reactive ketones (excluding diaryl/α,β-unsaturated/α-hetero) is 1. The zero-order valence-corrected chi connectivity index (χ0v) is 7.66. The van der Waals surface area contributed by atoms with Gasteiger partial charge in [-0.15, -0.1) is 0 Å². The Hall–Kier alpha value is -1.70. The second-order valence-corrected chi connectivity index (χ2v) is 3.60. The molecule has 0 N–H and O–H groups in total. The van der Waals surface area contributed by atoms with Crippen LogP contribution in [0.1, 0.15) is 22.3 Å². The molecule has 1 aromatic heterocycles. The summed E-state index contributed by atoms with van der Waals surface area (Å²) in [5.74, 6) is 0.263. The Kier molecular flexibility index (Phi) is 1.45. The molecule has 2 heteroatoms. The lowest BCUT2D eigenvalue weighted by Crippen LogP contribution is -1.94. The number of para-hydroxylation sites is 1. The van der Waals surface area contributed by atoms with Crippen molar-refractivity contribution >= 4 is 16.7 Å². The van der Waals surface area contributed by atoms with Gasteiger partial charge >= 0.3 is 0 Å². The third-order valence-corrected chi connectivity index (χ3v) is 2.75. The van der Waals surface area contributed by atoms with Crippen molar-refractivity contribution < 1.29 is 4.79 Å². The van der Waals surface area contributed by atoms with Crippen LogP contribution in [-0.2, 0) is 6.42 Å². The van der Waals surface area contributed by atoms with Crippen LogP contribution in [0.5, 0.6) is 0 Å². The largest absolute Gasteiger partial charge is 0.294 e. The van der Waals surface area contributed by atoms with Crippen molar-refractivity contribution in [2.24, 2.45) is 0 Å². The number of pyridine rings is 1. The summed E-state index contributed by atoms with van der Waals surface area (Å²) in [6, 6.07) is 7.82. The van der Waals surface area contributed by atoms with Gasteiger partial charge < -0.3 is 0 Å². The molecule has 0 unspecified atom stereocenters. The summed E-state index contributed by atoms with van der Waals surface area (Å²) < 4.78 is 0. The molecule has 0 bridgehead atoms. The molecule has 0 fully saturated rings. The molecule has 0 spiro atoms. The molecule has 14 heavy (non-hydrogen) atoms. The van der Waals surface area contributed by atoms with E-state index >= 15 is 0 Å². The molecular weight excluding hydrogens is 174 g/mol. The maximum Gasteiger partial charge on any atom is 0.164 e. The average molecular weight is 183 g/mol. The molecule has 0 aliphatic heterocycles. The summed E-state index contributed by atoms with van der Waals surface area (Å²) in [5, 5.41) is 1.01. The lowest BCUT2D eigenvalue weighted by Gasteiger charge is -2.02. The minimum absolute atomic E-state index is 0.263. The highest BCUT2D eigenvalue weighted by molar-refractivity contribution is 6.10. The number of rotatable bonds is 0. The highest BCUT2D eigenvalue weighted by atomic mass is 16.1. The fourth-order valence-corrected chi connectivity index (χ4v) is 2.07. The number of carbonyl (C=O) groups is 1. The Labute approximate surface area is 81.6 Å². The van der Waals surface area contributed by atoms with E-state index < -0.39 is 0 Å². The van der Waals surface area contributed by atoms with Crippen LogP contribution in [-0.4, -0.2) is 10.8 Å². The predicted octanol–water partition coefficient (Wildman–Crippen LogP) is 2.36. The maximum atomic E-state index is 11.7. The Morgan fingerprint density at radius 2 is 2.00 bits per heavy atom. The zero-order valence-electron chi connectivity index (χ0n) is 7.66. The summed E-state index contributed by atoms with van der Waals surface area (Å²) in [6.07, 6.45) is 3.33. The van der Waals surface area contributed by atoms with Crippen LogP contribution in [0.25, 0.3) is 10.9 Å². The molecule has 68 valence electrons. The van der Waals surface area contributed by atoms with E-state index in [1.165, 1.54) is 0 Å². The van der Waals surface area contributed by atoms with E-state index in [9.17, 15) is 4.79 Å². The monoisotopic (exact) mass is 183 g/mol. The molecular formula is C12H9NO. The van der Waals surface area contributed by atoms with E-state index in [1.54, 1.807) is 0 Å². The van der Waals surface area contributed by atoms with Crippen LogP contribution in [0.4, 0.5) is 0 Å². The van der Waals surface area contributed by atoms with Crippen molar-refractivity contribution in [3.8, 4) is 0 Å². The second kappa shape index (κ2) is 2.64. The molecule has 0 amide bonds. The lowest BCUT2D eigenvalue weighted by molar-refractivity contribution is 0.0996. The van der Waals surface area contributed by atoms with Crippen molar-refractivity contribution in [1.82, 2.24) is 4.98 Å². The van der Waals surface area contributed by atoms with E-state index in [-0.39, 0.29) is 5.78 Å². The Morgan fingerprint density at radius 3 is 2.93 bits per heavy atom. The van der Waals surface area contributed by atoms with Crippen LogP contribution in [0.15, 0.2) is 30.5 Å². The highest BCUT2D eigenvalue weighted by Gasteiger charge is 2.21. The number of benzene rings is 1. The van der Waals surface area contributed by atoms with Gasteiger partial charge in [0.1, 0.15) is 0 Å². The van der Waals surface area contributed by atoms with Gasteiger partial charge in [-0.3, -0.25) is 9.78 Å². The second-order valence-electron chi connectivity index (χ2n) is 3.60. The number of aromatic nitrogens is 1. The third kappa shape index (κ3) is 0.909. The average Bonchev–Trinajstić information content (AvgIpc) is 2.61. The first-order valence-corrected chi connectivity index (χ1v) is 4.76. The van der Waals surface area contributed by atoms with Crippen molar-refractivity contribution in [3.05, 3.63) is 41.6 Å². The molecule has 3 rings (SSSR count). The first-order chi connectivity index (χ1) is 6.86. The van der Waals surface area contributed by atoms with E-state index in [0.29, 0.717) is 6.42 Å². The van der Waals surface area contributed by atoms with Crippen molar-refractivity contribution in [3.63, 3.8) is 0 Å². The summed E-state index contributed by atoms with van der Waals surface area (Å²) >= 11 is 0. The molecule has 1 aliphatic rings. The molecule has 2 aromatic rings. The Morgan fingerprint density at radius 1 is 1.14 bits per heavy atom. The number of nitrogens with zero attached hydrogens (tertiary/aromatic N) is 1. The first kappa shape index (κ1) is 7.68. The van der Waals surface area contributed by atoms with Crippen molar-refractivity contribution in [2.75, 3.05) is 0 Å². The van der Waals surface area contributed by atoms with E-state index in [2.05, 4.69) is 4.98 Å². The molecule has 1 heterocycles. The standard InChI is InChI=1S/C12H9NO/c14-11-6-5-8-7-13-10-4-2-1-3-9(10)12(8)11/h1-4,7H,5-6H2. The quantitative estimate of drug-likeness (QED) is 0.627. The minimum Gasteiger partial charge on any atom is -0.294 e. The molecule has 0 radical (unpaired) electrons. The minimum atomic E-state index is 0.263. The fourth-order valence-electron chi connectivity index (χ4n) is 2.07. The van der Waals surface area contributed by atoms with Crippen molar-refractivity contribution in [2.45, 2.75) is 12.8 Å². The fraction of sp³-hybridized carbons (Fsp3) is 0.167. The number of ketones is 1. The van der Waals surface area contributed by atoms with Crippen LogP contribution >= 0.6 is 0 Å². The summed E-state index contributed by atoms with van der Waals surface area (Å²) in [6.45, 7) is 0. The Balaban J connectivity index is 2.47. The number of fused-ring (bicyclic) bond motifs is 3. The molecule has 1 aliphatic carbocycles. The number of hydrogen-bond donors (Lipinski definition) is 0. The van der Waals surface area contributed by atoms with Gasteiger partial charge in [0.2, 0.25) is 0 Å². The number of carbonyl (C=O) groups excluding carboxylic acids is 1. The van der Waals surface area contributed by atoms with E-state index in [4.69, 9.17) is 0 Å². The van der Waals surface area contributed by atoms with Crippen LogP contribution in [0, 0.1) is 0 Å². The van der Waals surface area contributed by atoms with Gasteiger partial charge in [-0.1, -0.05) is 18.2 Å². The van der Waals surface area contributed by atoms with Gasteiger partial charge in [0.25, 0.3) is 0 Å². The number of hydrogen-bond acceptors (Lipinski definition) is 2. The lowest BCUT2D eigenvalue weighted by atomic mass is 10.1. The van der Waals surface area contributed by atoms with Crippen LogP contribution in [0.3, 0.4) is 0 Å². The first-order valence-electron chi connectivity index (χ1n) is 4.76. The molecule has 0 atom stereocenters. The topological polar surface area (TPSA) is 30.0 Å². The summed E-state index contributed by atoms with van der Waals surface area (Å²) in [5.41, 5.74) is 2.92. The zero-order chi connectivity index (χ0) is 9.54. The normalized spacial score (nSPS) is 14.7. The number of aryl methyl sites for hydroxylation is 1. The van der Waals surface area contributed by atoms with Gasteiger partial charge in [-0.2, -0.15) is 0 Å². The van der Waals surface area contributed by atoms with E-state index in [0.717, 1.165) is 28.5 Å². The molecule has 0 saturated carbocycles. The molecule has 1 aromatic carbocycles. The summed E-state index contributed by atoms with van der Waals surface area (Å²) in [4.78, 5) is 16.0. The van der Waals surface area contributed by atoms with Gasteiger partial charge in [0.05, 0.1) is 5.52 Å². The molecule has 0 saturated heterocycles. The van der Waals surface area contributed by atoms with Crippen LogP contribution < -0.4 is 0 Å². The smallest absolute Gasteiger partial charge is 0.164 e. The van der Waals surface area contributed by atoms with Crippen LogP contribution in [0.2, 0.25) is 0 Å². The van der Waals surface area contributed by atoms with Gasteiger partial charge in [-0.25, -0.2) is 0 Å². The van der Waals surface area contributed by atoms with Gasteiger partial charge in [0, 0.05) is 23.6 Å². The Bertz CT molecular complexity index is 531. The van der Waals surface area contributed by atoms with Gasteiger partial charge in [0.15, 0.2) is 5.78 Å². The maximum absolute atomic E-state index is 11.7. The third-order valence-electron chi connectivity index (χ3n) is 2.75. The van der Waals surface area contributed by atoms with Crippen molar-refractivity contribution in [1.29, 1.82) is 0 Å².